The van der Waals surface area contributed by atoms with Crippen molar-refractivity contribution in [3.63, 3.8) is 0 Å². The van der Waals surface area contributed by atoms with Crippen LogP contribution in [0.4, 0.5) is 0 Å². The average molecular weight is 331 g/mol. The molecular weight excluding hydrogens is 300 g/mol. The second-order valence-electron chi connectivity index (χ2n) is 7.16. The highest BCUT2D eigenvalue weighted by molar-refractivity contribution is 5.27. The van der Waals surface area contributed by atoms with Gasteiger partial charge in [0.15, 0.2) is 0 Å². The Morgan fingerprint density at radius 1 is 1.17 bits per heavy atom. The number of benzene rings is 1. The molecule has 0 aromatic heterocycles. The maximum Gasteiger partial charge on any atom is 0.118 e. The summed E-state index contributed by atoms with van der Waals surface area (Å²) in [6.45, 7) is 6.32. The number of ether oxygens (including phenoxy) is 1. The third-order valence-corrected chi connectivity index (χ3v) is 5.44. The summed E-state index contributed by atoms with van der Waals surface area (Å²) in [5, 5.41) is 10.3. The van der Waals surface area contributed by atoms with Crippen LogP contribution in [0.5, 0.6) is 5.75 Å². The van der Waals surface area contributed by atoms with Gasteiger partial charge in [-0.05, 0) is 43.4 Å². The van der Waals surface area contributed by atoms with Crippen molar-refractivity contribution in [2.45, 2.75) is 50.7 Å². The lowest BCUT2D eigenvalue weighted by molar-refractivity contribution is 0.0740. The van der Waals surface area contributed by atoms with Crippen molar-refractivity contribution >= 4 is 0 Å². The predicted molar refractivity (Wildman–Crippen MR) is 97.0 cm³/mol. The first-order chi connectivity index (χ1) is 11.7. The Balaban J connectivity index is 1.35. The van der Waals surface area contributed by atoms with E-state index in [9.17, 15) is 5.11 Å². The van der Waals surface area contributed by atoms with E-state index in [-0.39, 0.29) is 6.10 Å². The Bertz CT molecular complexity index is 477. The first-order valence-electron chi connectivity index (χ1n) is 9.37. The molecule has 1 aliphatic heterocycles. The van der Waals surface area contributed by atoms with Gasteiger partial charge >= 0.3 is 0 Å². The molecule has 1 unspecified atom stereocenters. The molecule has 1 saturated carbocycles. The third kappa shape index (κ3) is 4.95. The molecule has 3 rings (SSSR count). The number of aliphatic hydroxyl groups excluding tert-OH is 1. The van der Waals surface area contributed by atoms with Crippen LogP contribution < -0.4 is 4.74 Å². The summed E-state index contributed by atoms with van der Waals surface area (Å²) in [7, 11) is 1.68. The first kappa shape index (κ1) is 17.7. The van der Waals surface area contributed by atoms with E-state index in [1.165, 1.54) is 31.2 Å². The van der Waals surface area contributed by atoms with Crippen LogP contribution in [0.15, 0.2) is 24.3 Å². The first-order valence-corrected chi connectivity index (χ1v) is 9.37. The highest BCUT2D eigenvalue weighted by atomic mass is 16.5. The van der Waals surface area contributed by atoms with Crippen LogP contribution in [-0.2, 0) is 6.42 Å². The van der Waals surface area contributed by atoms with Gasteiger partial charge in [0.2, 0.25) is 0 Å². The smallest absolute Gasteiger partial charge is 0.118 e. The third-order valence-electron chi connectivity index (χ3n) is 5.44. The Labute approximate surface area is 146 Å². The van der Waals surface area contributed by atoms with E-state index < -0.39 is 0 Å². The van der Waals surface area contributed by atoms with Gasteiger partial charge < -0.3 is 9.84 Å². The van der Waals surface area contributed by atoms with E-state index in [2.05, 4.69) is 28.5 Å². The standard InChI is InChI=1S/C20H31N2O2/c1-24-20-10-7-17(8-11-20)6-9-19(23)16-21-12-14-22(15-13-21)18-4-2-3-5-18/h7-8,10-11,14,18-19,23H,2-6,9,12-13,15-16H2,1H3. The fourth-order valence-corrected chi connectivity index (χ4v) is 3.91. The number of hydrogen-bond donors (Lipinski definition) is 1. The maximum atomic E-state index is 10.3. The molecule has 4 heteroatoms. The van der Waals surface area contributed by atoms with Crippen LogP contribution >= 0.6 is 0 Å². The number of piperazine rings is 1. The zero-order valence-electron chi connectivity index (χ0n) is 14.9. The molecule has 1 radical (unpaired) electrons. The minimum atomic E-state index is -0.251. The normalized spacial score (nSPS) is 21.9. The maximum absolute atomic E-state index is 10.3. The van der Waals surface area contributed by atoms with E-state index in [1.54, 1.807) is 7.11 Å². The molecule has 1 atom stereocenters. The van der Waals surface area contributed by atoms with E-state index in [4.69, 9.17) is 4.74 Å². The Hall–Kier alpha value is -1.10. The van der Waals surface area contributed by atoms with E-state index >= 15 is 0 Å². The molecular formula is C20H31N2O2. The van der Waals surface area contributed by atoms with Gasteiger partial charge in [-0.2, -0.15) is 0 Å². The van der Waals surface area contributed by atoms with Gasteiger partial charge in [0.05, 0.1) is 13.2 Å². The highest BCUT2D eigenvalue weighted by Gasteiger charge is 2.26. The van der Waals surface area contributed by atoms with Crippen LogP contribution in [0.3, 0.4) is 0 Å². The summed E-state index contributed by atoms with van der Waals surface area (Å²) in [6, 6.07) is 8.92. The van der Waals surface area contributed by atoms with Gasteiger partial charge in [0.1, 0.15) is 5.75 Å². The van der Waals surface area contributed by atoms with Gasteiger partial charge in [-0.1, -0.05) is 25.0 Å². The molecule has 1 N–H and O–H groups in total. The molecule has 24 heavy (non-hydrogen) atoms. The van der Waals surface area contributed by atoms with Crippen LogP contribution in [0, 0.1) is 6.54 Å². The minimum absolute atomic E-state index is 0.251. The lowest BCUT2D eigenvalue weighted by Gasteiger charge is -2.38. The molecule has 0 spiro atoms. The minimum Gasteiger partial charge on any atom is -0.497 e. The number of rotatable bonds is 7. The summed E-state index contributed by atoms with van der Waals surface area (Å²) < 4.78 is 5.18. The van der Waals surface area contributed by atoms with E-state index in [1.807, 2.05) is 12.1 Å². The molecule has 133 valence electrons. The number of aryl methyl sites for hydroxylation is 1. The molecule has 1 saturated heterocycles. The molecule has 2 aliphatic rings. The van der Waals surface area contributed by atoms with Crippen LogP contribution in [-0.4, -0.2) is 60.3 Å². The van der Waals surface area contributed by atoms with Crippen molar-refractivity contribution in [1.29, 1.82) is 0 Å². The summed E-state index contributed by atoms with van der Waals surface area (Å²) >= 11 is 0. The fourth-order valence-electron chi connectivity index (χ4n) is 3.91. The molecule has 2 fully saturated rings. The van der Waals surface area contributed by atoms with Crippen molar-refractivity contribution in [2.24, 2.45) is 0 Å². The molecule has 1 aromatic rings. The number of β-amino-alcohol motifs (C(OH)–C–C–N with tert-alkyl or cyclic N) is 1. The summed E-state index contributed by atoms with van der Waals surface area (Å²) in [5.74, 6) is 0.884. The van der Waals surface area contributed by atoms with Crippen molar-refractivity contribution in [3.8, 4) is 5.75 Å². The lowest BCUT2D eigenvalue weighted by atomic mass is 10.1. The number of aliphatic hydroxyl groups is 1. The number of nitrogens with zero attached hydrogens (tertiary/aromatic N) is 2. The summed E-state index contributed by atoms with van der Waals surface area (Å²) in [6.07, 6.45) is 6.98. The van der Waals surface area contributed by atoms with Crippen molar-refractivity contribution in [2.75, 3.05) is 33.3 Å². The molecule has 0 bridgehead atoms. The van der Waals surface area contributed by atoms with Gasteiger partial charge in [0.25, 0.3) is 0 Å². The van der Waals surface area contributed by atoms with Gasteiger partial charge in [0, 0.05) is 38.8 Å². The number of methoxy groups -OCH3 is 1. The fraction of sp³-hybridized carbons (Fsp3) is 0.650. The Morgan fingerprint density at radius 2 is 1.92 bits per heavy atom. The molecule has 0 amide bonds. The summed E-state index contributed by atoms with van der Waals surface area (Å²) in [4.78, 5) is 4.93. The Kier molecular flexibility index (Phi) is 6.52. The van der Waals surface area contributed by atoms with E-state index in [0.29, 0.717) is 0 Å². The lowest BCUT2D eigenvalue weighted by Crippen LogP contribution is -2.48. The molecule has 1 aliphatic carbocycles. The second kappa shape index (κ2) is 8.84. The van der Waals surface area contributed by atoms with Gasteiger partial charge in [-0.25, -0.2) is 0 Å². The molecule has 1 aromatic carbocycles. The van der Waals surface area contributed by atoms with Crippen molar-refractivity contribution in [1.82, 2.24) is 9.80 Å². The second-order valence-corrected chi connectivity index (χ2v) is 7.16. The monoisotopic (exact) mass is 331 g/mol. The SMILES string of the molecule is COc1ccc(CCC(O)CN2C[CH]N(C3CCCC3)CC2)cc1. The Morgan fingerprint density at radius 3 is 2.54 bits per heavy atom. The largest absolute Gasteiger partial charge is 0.497 e. The summed E-state index contributed by atoms with van der Waals surface area (Å²) in [5.41, 5.74) is 1.26. The molecule has 4 nitrogen and oxygen atoms in total. The van der Waals surface area contributed by atoms with Crippen molar-refractivity contribution < 1.29 is 9.84 Å². The number of hydrogen-bond acceptors (Lipinski definition) is 4. The zero-order chi connectivity index (χ0) is 16.8. The zero-order valence-corrected chi connectivity index (χ0v) is 14.9. The van der Waals surface area contributed by atoms with E-state index in [0.717, 1.165) is 50.8 Å². The predicted octanol–water partition coefficient (Wildman–Crippen LogP) is 2.71. The van der Waals surface area contributed by atoms with Gasteiger partial charge in [-0.15, -0.1) is 0 Å². The van der Waals surface area contributed by atoms with Crippen LogP contribution in [0.25, 0.3) is 0 Å². The average Bonchev–Trinajstić information content (AvgIpc) is 3.16. The van der Waals surface area contributed by atoms with Crippen molar-refractivity contribution in [3.05, 3.63) is 36.4 Å². The highest BCUT2D eigenvalue weighted by Crippen LogP contribution is 2.25. The topological polar surface area (TPSA) is 35.9 Å². The quantitative estimate of drug-likeness (QED) is 0.833. The van der Waals surface area contributed by atoms with Gasteiger partial charge in [-0.3, -0.25) is 9.80 Å². The van der Waals surface area contributed by atoms with Crippen LogP contribution in [0.2, 0.25) is 0 Å². The molecule has 1 heterocycles. The van der Waals surface area contributed by atoms with Crippen LogP contribution in [0.1, 0.15) is 37.7 Å².